The summed E-state index contributed by atoms with van der Waals surface area (Å²) in [6.07, 6.45) is 3.94. The van der Waals surface area contributed by atoms with E-state index in [-0.39, 0.29) is 30.3 Å². The van der Waals surface area contributed by atoms with Gasteiger partial charge in [-0.15, -0.1) is 0 Å². The van der Waals surface area contributed by atoms with Crippen molar-refractivity contribution in [2.75, 3.05) is 32.8 Å². The molecule has 2 amide bonds. The van der Waals surface area contributed by atoms with Crippen LogP contribution in [0, 0.1) is 5.92 Å². The lowest BCUT2D eigenvalue weighted by atomic mass is 10.0. The molecule has 2 aliphatic heterocycles. The zero-order valence-electron chi connectivity index (χ0n) is 13.7. The third kappa shape index (κ3) is 4.92. The maximum atomic E-state index is 12.6. The molecule has 0 saturated carbocycles. The summed E-state index contributed by atoms with van der Waals surface area (Å²) in [5.41, 5.74) is 0. The van der Waals surface area contributed by atoms with Gasteiger partial charge in [-0.3, -0.25) is 14.4 Å². The molecule has 0 aliphatic carbocycles. The van der Waals surface area contributed by atoms with Gasteiger partial charge in [-0.1, -0.05) is 0 Å². The van der Waals surface area contributed by atoms with Gasteiger partial charge in [0.2, 0.25) is 11.8 Å². The Bertz CT molecular complexity index is 448. The van der Waals surface area contributed by atoms with Crippen LogP contribution in [0.1, 0.15) is 39.0 Å². The van der Waals surface area contributed by atoms with Crippen LogP contribution in [-0.4, -0.2) is 71.6 Å². The van der Waals surface area contributed by atoms with Gasteiger partial charge in [0.15, 0.2) is 0 Å². The van der Waals surface area contributed by atoms with Crippen molar-refractivity contribution in [1.29, 1.82) is 0 Å². The highest BCUT2D eigenvalue weighted by Gasteiger charge is 2.31. The van der Waals surface area contributed by atoms with Crippen LogP contribution in [-0.2, 0) is 19.1 Å². The number of hydrogen-bond donors (Lipinski definition) is 1. The van der Waals surface area contributed by atoms with Gasteiger partial charge < -0.3 is 19.6 Å². The highest BCUT2D eigenvalue weighted by atomic mass is 16.5. The summed E-state index contributed by atoms with van der Waals surface area (Å²) in [5.74, 6) is -1.14. The molecule has 2 atom stereocenters. The van der Waals surface area contributed by atoms with Gasteiger partial charge in [0.25, 0.3) is 0 Å². The lowest BCUT2D eigenvalue weighted by Gasteiger charge is -2.30. The SMILES string of the molecule is CC(=O)N(CC(=O)O)[C@H]1CCCN(C(=O)[C@H]2CCCOC2)CC1. The van der Waals surface area contributed by atoms with Crippen molar-refractivity contribution in [2.24, 2.45) is 5.92 Å². The molecule has 0 aromatic heterocycles. The van der Waals surface area contributed by atoms with E-state index in [1.54, 1.807) is 0 Å². The topological polar surface area (TPSA) is 87.2 Å². The Morgan fingerprint density at radius 3 is 2.57 bits per heavy atom. The molecule has 130 valence electrons. The Balaban J connectivity index is 1.93. The molecule has 2 heterocycles. The summed E-state index contributed by atoms with van der Waals surface area (Å²) in [4.78, 5) is 38.5. The minimum Gasteiger partial charge on any atom is -0.480 e. The van der Waals surface area contributed by atoms with Crippen LogP contribution in [0.15, 0.2) is 0 Å². The predicted octanol–water partition coefficient (Wildman–Crippen LogP) is 0.727. The number of likely N-dealkylation sites (tertiary alicyclic amines) is 1. The molecule has 2 saturated heterocycles. The Morgan fingerprint density at radius 2 is 1.96 bits per heavy atom. The number of carboxylic acid groups (broad SMARTS) is 1. The number of rotatable bonds is 4. The van der Waals surface area contributed by atoms with E-state index in [4.69, 9.17) is 9.84 Å². The summed E-state index contributed by atoms with van der Waals surface area (Å²) in [5, 5.41) is 8.97. The third-order valence-electron chi connectivity index (χ3n) is 4.67. The quantitative estimate of drug-likeness (QED) is 0.823. The van der Waals surface area contributed by atoms with E-state index in [1.807, 2.05) is 4.90 Å². The molecule has 0 aromatic carbocycles. The van der Waals surface area contributed by atoms with Gasteiger partial charge in [0.05, 0.1) is 12.5 Å². The summed E-state index contributed by atoms with van der Waals surface area (Å²) in [6.45, 7) is 3.60. The van der Waals surface area contributed by atoms with Crippen molar-refractivity contribution >= 4 is 17.8 Å². The second kappa shape index (κ2) is 8.29. The van der Waals surface area contributed by atoms with E-state index >= 15 is 0 Å². The number of carbonyl (C=O) groups is 3. The second-order valence-corrected chi connectivity index (χ2v) is 6.36. The van der Waals surface area contributed by atoms with Gasteiger partial charge in [0, 0.05) is 32.7 Å². The molecule has 0 bridgehead atoms. The number of hydrogen-bond acceptors (Lipinski definition) is 4. The standard InChI is InChI=1S/C16H26N2O5/c1-12(19)18(10-15(20)21)14-5-2-7-17(8-6-14)16(22)13-4-3-9-23-11-13/h13-14H,2-11H2,1H3,(H,20,21)/t13-,14-/m0/s1. The second-order valence-electron chi connectivity index (χ2n) is 6.36. The molecule has 2 aliphatic rings. The molecular formula is C16H26N2O5. The van der Waals surface area contributed by atoms with Gasteiger partial charge in [-0.2, -0.15) is 0 Å². The Kier molecular flexibility index (Phi) is 6.38. The van der Waals surface area contributed by atoms with E-state index < -0.39 is 5.97 Å². The number of ether oxygens (including phenoxy) is 1. The van der Waals surface area contributed by atoms with Crippen LogP contribution in [0.3, 0.4) is 0 Å². The minimum atomic E-state index is -1.00. The molecule has 7 nitrogen and oxygen atoms in total. The van der Waals surface area contributed by atoms with Crippen LogP contribution >= 0.6 is 0 Å². The number of amides is 2. The summed E-state index contributed by atoms with van der Waals surface area (Å²) in [6, 6.07) is -0.107. The smallest absolute Gasteiger partial charge is 0.323 e. The number of nitrogens with zero attached hydrogens (tertiary/aromatic N) is 2. The Morgan fingerprint density at radius 1 is 1.17 bits per heavy atom. The van der Waals surface area contributed by atoms with E-state index in [0.717, 1.165) is 32.3 Å². The van der Waals surface area contributed by atoms with Crippen molar-refractivity contribution in [3.8, 4) is 0 Å². The zero-order valence-corrected chi connectivity index (χ0v) is 13.7. The molecule has 0 unspecified atom stereocenters. The Labute approximate surface area is 136 Å². The van der Waals surface area contributed by atoms with Crippen LogP contribution in [0.2, 0.25) is 0 Å². The van der Waals surface area contributed by atoms with Crippen LogP contribution in [0.25, 0.3) is 0 Å². The highest BCUT2D eigenvalue weighted by Crippen LogP contribution is 2.21. The van der Waals surface area contributed by atoms with Gasteiger partial charge >= 0.3 is 5.97 Å². The fourth-order valence-corrected chi connectivity index (χ4v) is 3.45. The first-order valence-corrected chi connectivity index (χ1v) is 8.34. The average Bonchev–Trinajstić information content (AvgIpc) is 2.78. The maximum Gasteiger partial charge on any atom is 0.323 e. The number of aliphatic carboxylic acids is 1. The first-order chi connectivity index (χ1) is 11.0. The maximum absolute atomic E-state index is 12.6. The summed E-state index contributed by atoms with van der Waals surface area (Å²) in [7, 11) is 0. The summed E-state index contributed by atoms with van der Waals surface area (Å²) < 4.78 is 5.39. The molecular weight excluding hydrogens is 300 g/mol. The highest BCUT2D eigenvalue weighted by molar-refractivity contribution is 5.80. The van der Waals surface area contributed by atoms with Crippen LogP contribution < -0.4 is 0 Å². The van der Waals surface area contributed by atoms with Crippen LogP contribution in [0.5, 0.6) is 0 Å². The molecule has 0 aromatic rings. The van der Waals surface area contributed by atoms with Gasteiger partial charge in [0.1, 0.15) is 6.54 Å². The van der Waals surface area contributed by atoms with Crippen molar-refractivity contribution in [3.05, 3.63) is 0 Å². The molecule has 0 radical (unpaired) electrons. The Hall–Kier alpha value is -1.63. The zero-order chi connectivity index (χ0) is 16.8. The fourth-order valence-electron chi connectivity index (χ4n) is 3.45. The fraction of sp³-hybridized carbons (Fsp3) is 0.812. The normalized spacial score (nSPS) is 25.5. The third-order valence-corrected chi connectivity index (χ3v) is 4.67. The predicted molar refractivity (Wildman–Crippen MR) is 82.8 cm³/mol. The molecule has 1 N–H and O–H groups in total. The molecule has 2 rings (SSSR count). The lowest BCUT2D eigenvalue weighted by Crippen LogP contribution is -2.43. The first-order valence-electron chi connectivity index (χ1n) is 8.34. The molecule has 7 heteroatoms. The van der Waals surface area contributed by atoms with E-state index in [1.165, 1.54) is 11.8 Å². The summed E-state index contributed by atoms with van der Waals surface area (Å²) >= 11 is 0. The van der Waals surface area contributed by atoms with Crippen molar-refractivity contribution < 1.29 is 24.2 Å². The van der Waals surface area contributed by atoms with Gasteiger partial charge in [-0.25, -0.2) is 0 Å². The monoisotopic (exact) mass is 326 g/mol. The van der Waals surface area contributed by atoms with Gasteiger partial charge in [-0.05, 0) is 32.1 Å². The lowest BCUT2D eigenvalue weighted by molar-refractivity contribution is -0.145. The van der Waals surface area contributed by atoms with E-state index in [9.17, 15) is 14.4 Å². The number of carbonyl (C=O) groups excluding carboxylic acids is 2. The van der Waals surface area contributed by atoms with Crippen LogP contribution in [0.4, 0.5) is 0 Å². The molecule has 0 spiro atoms. The molecule has 23 heavy (non-hydrogen) atoms. The van der Waals surface area contributed by atoms with Crippen molar-refractivity contribution in [1.82, 2.24) is 9.80 Å². The average molecular weight is 326 g/mol. The van der Waals surface area contributed by atoms with Crippen molar-refractivity contribution in [3.63, 3.8) is 0 Å². The van der Waals surface area contributed by atoms with E-state index in [0.29, 0.717) is 26.1 Å². The number of carboxylic acids is 1. The molecule has 2 fully saturated rings. The minimum absolute atomic E-state index is 0.0526. The largest absolute Gasteiger partial charge is 0.480 e. The van der Waals surface area contributed by atoms with E-state index in [2.05, 4.69) is 0 Å². The van der Waals surface area contributed by atoms with Crippen molar-refractivity contribution in [2.45, 2.75) is 45.1 Å². The first kappa shape index (κ1) is 17.7.